The second-order valence-corrected chi connectivity index (χ2v) is 10.8. The number of rotatable bonds is 4. The van der Waals surface area contributed by atoms with Crippen LogP contribution in [0.15, 0.2) is 93.5 Å². The molecule has 5 rings (SSSR count). The summed E-state index contributed by atoms with van der Waals surface area (Å²) in [4.78, 5) is 2.07. The lowest BCUT2D eigenvalue weighted by molar-refractivity contribution is -0.609. The largest absolute Gasteiger partial charge is 0.455 e. The standard InChI is InChI=1S/C26H23N2O3S2/c1-17-13-18(2)28(19(3)14-17)21-7-6-8-22(16-21)33(29,30)27-20-11-12-24-26(15-20)32-25-10-5-4-9-23(25)31-24/h4-16,27H,1-3H3/q+1. The third kappa shape index (κ3) is 4.21. The molecule has 0 atom stereocenters. The van der Waals surface area contributed by atoms with Gasteiger partial charge in [0, 0.05) is 38.1 Å². The Morgan fingerprint density at radius 2 is 1.52 bits per heavy atom. The third-order valence-electron chi connectivity index (χ3n) is 5.45. The first-order chi connectivity index (χ1) is 15.8. The number of nitrogens with zero attached hydrogens (tertiary/aromatic N) is 1. The molecule has 3 aromatic carbocycles. The lowest BCUT2D eigenvalue weighted by Crippen LogP contribution is -2.37. The van der Waals surface area contributed by atoms with Gasteiger partial charge in [0.25, 0.3) is 10.0 Å². The van der Waals surface area contributed by atoms with Crippen LogP contribution in [0.5, 0.6) is 11.5 Å². The number of aromatic nitrogens is 1. The molecule has 0 fully saturated rings. The summed E-state index contributed by atoms with van der Waals surface area (Å²) in [7, 11) is -3.78. The fraction of sp³-hybridized carbons (Fsp3) is 0.115. The van der Waals surface area contributed by atoms with Crippen LogP contribution in [0.4, 0.5) is 5.69 Å². The molecule has 2 heterocycles. The molecule has 1 aliphatic heterocycles. The molecule has 0 aliphatic carbocycles. The number of hydrogen-bond acceptors (Lipinski definition) is 4. The van der Waals surface area contributed by atoms with Crippen molar-refractivity contribution >= 4 is 27.5 Å². The average molecular weight is 476 g/mol. The Bertz CT molecular complexity index is 1470. The van der Waals surface area contributed by atoms with Gasteiger partial charge in [-0.15, -0.1) is 0 Å². The second kappa shape index (κ2) is 8.24. The van der Waals surface area contributed by atoms with Crippen molar-refractivity contribution in [3.05, 3.63) is 95.8 Å². The summed E-state index contributed by atoms with van der Waals surface area (Å²) in [6, 6.07) is 24.3. The van der Waals surface area contributed by atoms with E-state index in [0.717, 1.165) is 32.6 Å². The van der Waals surface area contributed by atoms with Gasteiger partial charge in [-0.25, -0.2) is 8.42 Å². The van der Waals surface area contributed by atoms with E-state index in [1.807, 2.05) is 44.2 Å². The van der Waals surface area contributed by atoms with E-state index < -0.39 is 10.0 Å². The molecule has 1 N–H and O–H groups in total. The molecule has 0 amide bonds. The van der Waals surface area contributed by atoms with Gasteiger partial charge in [-0.2, -0.15) is 4.57 Å². The van der Waals surface area contributed by atoms with Gasteiger partial charge in [0.2, 0.25) is 5.69 Å². The fourth-order valence-corrected chi connectivity index (χ4v) is 6.19. The van der Waals surface area contributed by atoms with Gasteiger partial charge in [-0.05, 0) is 48.9 Å². The number of nitrogens with one attached hydrogen (secondary N) is 1. The van der Waals surface area contributed by atoms with Gasteiger partial charge in [-0.3, -0.25) is 4.72 Å². The van der Waals surface area contributed by atoms with Crippen molar-refractivity contribution in [2.45, 2.75) is 35.5 Å². The maximum absolute atomic E-state index is 13.2. The highest BCUT2D eigenvalue weighted by molar-refractivity contribution is 7.99. The molecule has 5 nitrogen and oxygen atoms in total. The molecular formula is C26H23N2O3S2+. The van der Waals surface area contributed by atoms with Gasteiger partial charge >= 0.3 is 0 Å². The van der Waals surface area contributed by atoms with E-state index in [2.05, 4.69) is 28.3 Å². The van der Waals surface area contributed by atoms with Crippen LogP contribution in [0, 0.1) is 20.8 Å². The molecule has 166 valence electrons. The van der Waals surface area contributed by atoms with Gasteiger partial charge in [0.15, 0.2) is 11.4 Å². The maximum atomic E-state index is 13.2. The molecule has 33 heavy (non-hydrogen) atoms. The van der Waals surface area contributed by atoms with Crippen LogP contribution in [0.3, 0.4) is 0 Å². The minimum Gasteiger partial charge on any atom is -0.455 e. The van der Waals surface area contributed by atoms with Crippen LogP contribution in [0.1, 0.15) is 17.0 Å². The van der Waals surface area contributed by atoms with Gasteiger partial charge in [0.05, 0.1) is 20.4 Å². The van der Waals surface area contributed by atoms with E-state index in [4.69, 9.17) is 4.74 Å². The number of sulfonamides is 1. The van der Waals surface area contributed by atoms with Crippen molar-refractivity contribution in [3.8, 4) is 17.2 Å². The highest BCUT2D eigenvalue weighted by atomic mass is 32.2. The Hall–Kier alpha value is -3.29. The second-order valence-electron chi connectivity index (χ2n) is 8.07. The number of anilines is 1. The quantitative estimate of drug-likeness (QED) is 0.327. The topological polar surface area (TPSA) is 59.3 Å². The molecule has 0 unspecified atom stereocenters. The predicted octanol–water partition coefficient (Wildman–Crippen LogP) is 5.95. The van der Waals surface area contributed by atoms with E-state index >= 15 is 0 Å². The SMILES string of the molecule is Cc1cc(C)[n+](-c2cccc(S(=O)(=O)Nc3ccc4c(c3)Sc3ccccc3O4)c2)c(C)c1. The maximum Gasteiger partial charge on any atom is 0.262 e. The van der Waals surface area contributed by atoms with Crippen molar-refractivity contribution in [1.82, 2.24) is 0 Å². The minimum atomic E-state index is -3.78. The molecule has 0 radical (unpaired) electrons. The Morgan fingerprint density at radius 3 is 2.30 bits per heavy atom. The normalized spacial score (nSPS) is 12.5. The van der Waals surface area contributed by atoms with Crippen LogP contribution in [-0.4, -0.2) is 8.42 Å². The summed E-state index contributed by atoms with van der Waals surface area (Å²) in [6.07, 6.45) is 0. The van der Waals surface area contributed by atoms with Crippen molar-refractivity contribution < 1.29 is 17.7 Å². The highest BCUT2D eigenvalue weighted by Crippen LogP contribution is 2.47. The molecule has 1 aromatic heterocycles. The first kappa shape index (κ1) is 21.6. The molecule has 0 bridgehead atoms. The monoisotopic (exact) mass is 475 g/mol. The summed E-state index contributed by atoms with van der Waals surface area (Å²) in [5.74, 6) is 1.52. The van der Waals surface area contributed by atoms with E-state index in [1.54, 1.807) is 48.2 Å². The lowest BCUT2D eigenvalue weighted by atomic mass is 10.2. The Kier molecular flexibility index (Phi) is 5.38. The number of benzene rings is 3. The Balaban J connectivity index is 1.45. The Morgan fingerprint density at radius 1 is 0.788 bits per heavy atom. The van der Waals surface area contributed by atoms with Crippen LogP contribution in [0.2, 0.25) is 0 Å². The van der Waals surface area contributed by atoms with E-state index in [0.29, 0.717) is 11.4 Å². The average Bonchev–Trinajstić information content (AvgIpc) is 2.77. The summed E-state index contributed by atoms with van der Waals surface area (Å²) < 4.78 is 37.1. The zero-order chi connectivity index (χ0) is 23.2. The van der Waals surface area contributed by atoms with E-state index in [-0.39, 0.29) is 4.90 Å². The number of pyridine rings is 1. The smallest absolute Gasteiger partial charge is 0.262 e. The van der Waals surface area contributed by atoms with Gasteiger partial charge < -0.3 is 4.74 Å². The third-order valence-corrected chi connectivity index (χ3v) is 7.92. The summed E-state index contributed by atoms with van der Waals surface area (Å²) >= 11 is 1.56. The highest BCUT2D eigenvalue weighted by Gasteiger charge is 2.22. The van der Waals surface area contributed by atoms with Crippen molar-refractivity contribution in [2.24, 2.45) is 0 Å². The molecule has 0 saturated heterocycles. The zero-order valence-corrected chi connectivity index (χ0v) is 20.1. The van der Waals surface area contributed by atoms with Crippen molar-refractivity contribution in [3.63, 3.8) is 0 Å². The van der Waals surface area contributed by atoms with Crippen molar-refractivity contribution in [2.75, 3.05) is 4.72 Å². The van der Waals surface area contributed by atoms with Gasteiger partial charge in [0.1, 0.15) is 11.5 Å². The number of aryl methyl sites for hydroxylation is 3. The number of para-hydroxylation sites is 1. The number of fused-ring (bicyclic) bond motifs is 2. The van der Waals surface area contributed by atoms with Crippen LogP contribution >= 0.6 is 11.8 Å². The summed E-state index contributed by atoms with van der Waals surface area (Å²) in [5, 5.41) is 0. The molecule has 4 aromatic rings. The first-order valence-corrected chi connectivity index (χ1v) is 12.8. The zero-order valence-electron chi connectivity index (χ0n) is 18.5. The van der Waals surface area contributed by atoms with E-state index in [9.17, 15) is 8.42 Å². The Labute approximate surface area is 198 Å². The van der Waals surface area contributed by atoms with Crippen LogP contribution < -0.4 is 14.0 Å². The summed E-state index contributed by atoms with van der Waals surface area (Å²) in [5.41, 5.74) is 4.55. The van der Waals surface area contributed by atoms with Crippen LogP contribution in [0.25, 0.3) is 5.69 Å². The molecule has 0 spiro atoms. The van der Waals surface area contributed by atoms with Crippen molar-refractivity contribution in [1.29, 1.82) is 0 Å². The van der Waals surface area contributed by atoms with E-state index in [1.165, 1.54) is 5.56 Å². The molecule has 0 saturated carbocycles. The number of hydrogen-bond donors (Lipinski definition) is 1. The number of ether oxygens (including phenoxy) is 1. The van der Waals surface area contributed by atoms with Gasteiger partial charge in [-0.1, -0.05) is 30.0 Å². The molecular weight excluding hydrogens is 452 g/mol. The lowest BCUT2D eigenvalue weighted by Gasteiger charge is -2.20. The predicted molar refractivity (Wildman–Crippen MR) is 130 cm³/mol. The first-order valence-electron chi connectivity index (χ1n) is 10.5. The fourth-order valence-electron chi connectivity index (χ4n) is 4.11. The minimum absolute atomic E-state index is 0.207. The molecule has 1 aliphatic rings. The molecule has 7 heteroatoms. The van der Waals surface area contributed by atoms with Crippen LogP contribution in [-0.2, 0) is 10.0 Å². The summed E-state index contributed by atoms with van der Waals surface area (Å²) in [6.45, 7) is 6.09.